The van der Waals surface area contributed by atoms with Crippen LogP contribution in [0.15, 0.2) is 42.6 Å². The van der Waals surface area contributed by atoms with Gasteiger partial charge in [0.2, 0.25) is 0 Å². The largest absolute Gasteiger partial charge is 0.484 e. The molecule has 7 heteroatoms. The van der Waals surface area contributed by atoms with Gasteiger partial charge in [-0.2, -0.15) is 0 Å². The summed E-state index contributed by atoms with van der Waals surface area (Å²) in [5.41, 5.74) is 1.10. The van der Waals surface area contributed by atoms with E-state index in [0.29, 0.717) is 17.3 Å². The van der Waals surface area contributed by atoms with Gasteiger partial charge in [-0.25, -0.2) is 0 Å². The van der Waals surface area contributed by atoms with Crippen LogP contribution in [0.2, 0.25) is 5.02 Å². The molecule has 126 valence electrons. The van der Waals surface area contributed by atoms with E-state index in [-0.39, 0.29) is 24.1 Å². The Morgan fingerprint density at radius 3 is 2.75 bits per heavy atom. The third-order valence-corrected chi connectivity index (χ3v) is 3.40. The molecule has 1 heterocycles. The summed E-state index contributed by atoms with van der Waals surface area (Å²) in [6.07, 6.45) is 1.48. The molecule has 2 rings (SSSR count). The lowest BCUT2D eigenvalue weighted by molar-refractivity contribution is -0.130. The molecule has 0 saturated carbocycles. The average molecular weight is 348 g/mol. The van der Waals surface area contributed by atoms with E-state index in [1.807, 2.05) is 6.07 Å². The number of amides is 2. The molecule has 1 aromatic carbocycles. The van der Waals surface area contributed by atoms with Crippen molar-refractivity contribution in [2.45, 2.75) is 6.54 Å². The van der Waals surface area contributed by atoms with E-state index in [4.69, 9.17) is 16.3 Å². The van der Waals surface area contributed by atoms with Gasteiger partial charge < -0.3 is 15.0 Å². The third kappa shape index (κ3) is 5.24. The Morgan fingerprint density at radius 1 is 1.25 bits per heavy atom. The van der Waals surface area contributed by atoms with Crippen LogP contribution in [0.1, 0.15) is 16.1 Å². The highest BCUT2D eigenvalue weighted by molar-refractivity contribution is 6.30. The number of carbonyl (C=O) groups is 2. The maximum Gasteiger partial charge on any atom is 0.270 e. The van der Waals surface area contributed by atoms with Gasteiger partial charge in [-0.15, -0.1) is 0 Å². The standard InChI is InChI=1S/C17H18ClN3O3/c1-21(2)16(22)11-24-14-5-3-4-12(8-14)10-20-17(23)15-9-13(18)6-7-19-15/h3-9H,10-11H2,1-2H3,(H,20,23). The molecule has 6 nitrogen and oxygen atoms in total. The van der Waals surface area contributed by atoms with E-state index >= 15 is 0 Å². The number of hydrogen-bond donors (Lipinski definition) is 1. The molecule has 1 aromatic heterocycles. The van der Waals surface area contributed by atoms with Gasteiger partial charge in [0.15, 0.2) is 6.61 Å². The Kier molecular flexibility index (Phi) is 6.14. The average Bonchev–Trinajstić information content (AvgIpc) is 2.57. The van der Waals surface area contributed by atoms with Crippen molar-refractivity contribution in [3.8, 4) is 5.75 Å². The van der Waals surface area contributed by atoms with Crippen LogP contribution < -0.4 is 10.1 Å². The normalized spacial score (nSPS) is 10.1. The third-order valence-electron chi connectivity index (χ3n) is 3.17. The Hall–Kier alpha value is -2.60. The highest BCUT2D eigenvalue weighted by Gasteiger charge is 2.08. The number of nitrogens with one attached hydrogen (secondary N) is 1. The fourth-order valence-corrected chi connectivity index (χ4v) is 1.98. The number of carbonyl (C=O) groups excluding carboxylic acids is 2. The first-order valence-corrected chi connectivity index (χ1v) is 7.65. The lowest BCUT2D eigenvalue weighted by atomic mass is 10.2. The van der Waals surface area contributed by atoms with E-state index < -0.39 is 0 Å². The van der Waals surface area contributed by atoms with Crippen molar-refractivity contribution in [1.29, 1.82) is 0 Å². The Balaban J connectivity index is 1.92. The molecule has 2 aromatic rings. The fourth-order valence-electron chi connectivity index (χ4n) is 1.82. The van der Waals surface area contributed by atoms with Gasteiger partial charge in [-0.3, -0.25) is 14.6 Å². The van der Waals surface area contributed by atoms with E-state index in [2.05, 4.69) is 10.3 Å². The second-order valence-electron chi connectivity index (χ2n) is 5.27. The minimum Gasteiger partial charge on any atom is -0.484 e. The van der Waals surface area contributed by atoms with Crippen molar-refractivity contribution in [1.82, 2.24) is 15.2 Å². The number of halogens is 1. The minimum absolute atomic E-state index is 0.0325. The molecule has 0 fully saturated rings. The summed E-state index contributed by atoms with van der Waals surface area (Å²) in [6.45, 7) is 0.279. The van der Waals surface area contributed by atoms with E-state index in [9.17, 15) is 9.59 Å². The van der Waals surface area contributed by atoms with Gasteiger partial charge in [-0.05, 0) is 29.8 Å². The van der Waals surface area contributed by atoms with Gasteiger partial charge in [0.1, 0.15) is 11.4 Å². The number of nitrogens with zero attached hydrogens (tertiary/aromatic N) is 2. The lowest BCUT2D eigenvalue weighted by Crippen LogP contribution is -2.27. The molecule has 0 spiro atoms. The molecule has 0 atom stereocenters. The van der Waals surface area contributed by atoms with Crippen LogP contribution in [-0.4, -0.2) is 42.4 Å². The Labute approximate surface area is 145 Å². The van der Waals surface area contributed by atoms with E-state index in [0.717, 1.165) is 5.56 Å². The highest BCUT2D eigenvalue weighted by Crippen LogP contribution is 2.14. The topological polar surface area (TPSA) is 71.5 Å². The molecule has 0 unspecified atom stereocenters. The van der Waals surface area contributed by atoms with Crippen LogP contribution in [0, 0.1) is 0 Å². The number of pyridine rings is 1. The first-order chi connectivity index (χ1) is 11.5. The maximum atomic E-state index is 12.0. The van der Waals surface area contributed by atoms with Crippen molar-refractivity contribution >= 4 is 23.4 Å². The van der Waals surface area contributed by atoms with Gasteiger partial charge in [0, 0.05) is 31.9 Å². The zero-order valence-electron chi connectivity index (χ0n) is 13.5. The SMILES string of the molecule is CN(C)C(=O)COc1cccc(CNC(=O)c2cc(Cl)ccn2)c1. The molecule has 1 N–H and O–H groups in total. The number of hydrogen-bond acceptors (Lipinski definition) is 4. The highest BCUT2D eigenvalue weighted by atomic mass is 35.5. The summed E-state index contributed by atoms with van der Waals surface area (Å²) >= 11 is 5.84. The van der Waals surface area contributed by atoms with Crippen LogP contribution in [0.25, 0.3) is 0 Å². The van der Waals surface area contributed by atoms with Crippen molar-refractivity contribution < 1.29 is 14.3 Å². The Bertz CT molecular complexity index is 735. The summed E-state index contributed by atoms with van der Waals surface area (Å²) in [6, 6.07) is 10.3. The predicted molar refractivity (Wildman–Crippen MR) is 91.0 cm³/mol. The lowest BCUT2D eigenvalue weighted by Gasteiger charge is -2.12. The first-order valence-electron chi connectivity index (χ1n) is 7.27. The number of ether oxygens (including phenoxy) is 1. The summed E-state index contributed by atoms with van der Waals surface area (Å²) in [7, 11) is 3.34. The van der Waals surface area contributed by atoms with Gasteiger partial charge in [0.25, 0.3) is 11.8 Å². The molecule has 0 aliphatic rings. The van der Waals surface area contributed by atoms with Crippen LogP contribution in [-0.2, 0) is 11.3 Å². The van der Waals surface area contributed by atoms with E-state index in [1.165, 1.54) is 17.2 Å². The number of aromatic nitrogens is 1. The second kappa shape index (κ2) is 8.31. The summed E-state index contributed by atoms with van der Waals surface area (Å²) in [4.78, 5) is 29.0. The van der Waals surface area contributed by atoms with Gasteiger partial charge in [0.05, 0.1) is 0 Å². The molecule has 0 saturated heterocycles. The van der Waals surface area contributed by atoms with Crippen molar-refractivity contribution in [3.05, 3.63) is 58.9 Å². The molecule has 0 radical (unpaired) electrons. The minimum atomic E-state index is -0.313. The summed E-state index contributed by atoms with van der Waals surface area (Å²) in [5.74, 6) is 0.130. The van der Waals surface area contributed by atoms with Crippen molar-refractivity contribution in [3.63, 3.8) is 0 Å². The fraction of sp³-hybridized carbons (Fsp3) is 0.235. The van der Waals surface area contributed by atoms with Gasteiger partial charge in [-0.1, -0.05) is 23.7 Å². The molecular weight excluding hydrogens is 330 g/mol. The maximum absolute atomic E-state index is 12.0. The smallest absolute Gasteiger partial charge is 0.270 e. The van der Waals surface area contributed by atoms with Crippen LogP contribution in [0.5, 0.6) is 5.75 Å². The van der Waals surface area contributed by atoms with Crippen LogP contribution in [0.3, 0.4) is 0 Å². The Morgan fingerprint density at radius 2 is 2.04 bits per heavy atom. The number of likely N-dealkylation sites (N-methyl/N-ethyl adjacent to an activating group) is 1. The first kappa shape index (κ1) is 17.7. The molecule has 0 bridgehead atoms. The quantitative estimate of drug-likeness (QED) is 0.869. The van der Waals surface area contributed by atoms with E-state index in [1.54, 1.807) is 38.4 Å². The molecule has 2 amide bonds. The zero-order valence-corrected chi connectivity index (χ0v) is 14.2. The number of rotatable bonds is 6. The number of benzene rings is 1. The second-order valence-corrected chi connectivity index (χ2v) is 5.70. The summed E-state index contributed by atoms with van der Waals surface area (Å²) in [5, 5.41) is 3.22. The van der Waals surface area contributed by atoms with Crippen LogP contribution >= 0.6 is 11.6 Å². The monoisotopic (exact) mass is 347 g/mol. The molecule has 0 aliphatic carbocycles. The summed E-state index contributed by atoms with van der Waals surface area (Å²) < 4.78 is 5.44. The zero-order chi connectivity index (χ0) is 17.5. The predicted octanol–water partition coefficient (Wildman–Crippen LogP) is 2.13. The van der Waals surface area contributed by atoms with Crippen molar-refractivity contribution in [2.75, 3.05) is 20.7 Å². The van der Waals surface area contributed by atoms with Crippen LogP contribution in [0.4, 0.5) is 0 Å². The van der Waals surface area contributed by atoms with Gasteiger partial charge >= 0.3 is 0 Å². The van der Waals surface area contributed by atoms with Crippen molar-refractivity contribution in [2.24, 2.45) is 0 Å². The molecule has 0 aliphatic heterocycles. The molecule has 24 heavy (non-hydrogen) atoms. The molecular formula is C17H18ClN3O3.